The zero-order valence-electron chi connectivity index (χ0n) is 15.3. The van der Waals surface area contributed by atoms with Gasteiger partial charge in [0.1, 0.15) is 6.04 Å². The van der Waals surface area contributed by atoms with Gasteiger partial charge >= 0.3 is 0 Å². The number of nitrogens with zero attached hydrogens (tertiary/aromatic N) is 1. The van der Waals surface area contributed by atoms with Crippen LogP contribution in [-0.2, 0) is 4.79 Å². The largest absolute Gasteiger partial charge is 0.490 e. The van der Waals surface area contributed by atoms with E-state index in [-0.39, 0.29) is 11.8 Å². The average molecular weight is 350 g/mol. The number of piperazine rings is 1. The molecule has 0 radical (unpaired) electrons. The number of rotatable bonds is 7. The summed E-state index contributed by atoms with van der Waals surface area (Å²) in [4.78, 5) is 26.3. The smallest absolute Gasteiger partial charge is 0.254 e. The summed E-state index contributed by atoms with van der Waals surface area (Å²) in [5, 5.41) is 2.76. The first kappa shape index (κ1) is 18.9. The van der Waals surface area contributed by atoms with Crippen LogP contribution in [0.3, 0.4) is 0 Å². The van der Waals surface area contributed by atoms with Crippen LogP contribution in [-0.4, -0.2) is 55.7 Å². The molecular formula is C18H26N2O5. The van der Waals surface area contributed by atoms with Gasteiger partial charge < -0.3 is 24.4 Å². The maximum atomic E-state index is 12.9. The van der Waals surface area contributed by atoms with Crippen molar-refractivity contribution in [3.63, 3.8) is 0 Å². The zero-order chi connectivity index (χ0) is 18.4. The van der Waals surface area contributed by atoms with E-state index in [0.29, 0.717) is 55.7 Å². The minimum Gasteiger partial charge on any atom is -0.490 e. The Morgan fingerprint density at radius 2 is 1.68 bits per heavy atom. The maximum Gasteiger partial charge on any atom is 0.254 e. The fourth-order valence-corrected chi connectivity index (χ4v) is 2.74. The lowest BCUT2D eigenvalue weighted by molar-refractivity contribution is -0.127. The lowest BCUT2D eigenvalue weighted by atomic mass is 10.1. The Hall–Kier alpha value is -2.44. The molecule has 7 heteroatoms. The summed E-state index contributed by atoms with van der Waals surface area (Å²) in [5.41, 5.74) is 0.414. The summed E-state index contributed by atoms with van der Waals surface area (Å²) < 4.78 is 16.9. The minimum absolute atomic E-state index is 0.152. The van der Waals surface area contributed by atoms with Crippen LogP contribution >= 0.6 is 0 Å². The molecule has 1 heterocycles. The Kier molecular flexibility index (Phi) is 6.50. The Labute approximate surface area is 148 Å². The molecule has 25 heavy (non-hydrogen) atoms. The van der Waals surface area contributed by atoms with Gasteiger partial charge in [-0.25, -0.2) is 0 Å². The van der Waals surface area contributed by atoms with Gasteiger partial charge in [-0.3, -0.25) is 9.59 Å². The van der Waals surface area contributed by atoms with E-state index < -0.39 is 6.04 Å². The van der Waals surface area contributed by atoms with Gasteiger partial charge in [0.25, 0.3) is 5.91 Å². The van der Waals surface area contributed by atoms with Gasteiger partial charge in [0.05, 0.1) is 19.8 Å². The fourth-order valence-electron chi connectivity index (χ4n) is 2.74. The second-order valence-corrected chi connectivity index (χ2v) is 5.57. The van der Waals surface area contributed by atoms with Gasteiger partial charge in [-0.15, -0.1) is 0 Å². The van der Waals surface area contributed by atoms with E-state index in [1.54, 1.807) is 24.0 Å². The van der Waals surface area contributed by atoms with Crippen LogP contribution in [0.15, 0.2) is 12.1 Å². The molecule has 0 bridgehead atoms. The quantitative estimate of drug-likeness (QED) is 0.812. The molecule has 1 saturated heterocycles. The third kappa shape index (κ3) is 4.15. The molecule has 0 unspecified atom stereocenters. The molecule has 7 nitrogen and oxygen atoms in total. The molecule has 1 aliphatic rings. The Bertz CT molecular complexity index is 605. The van der Waals surface area contributed by atoms with Crippen molar-refractivity contribution in [1.29, 1.82) is 0 Å². The number of ether oxygens (including phenoxy) is 3. The van der Waals surface area contributed by atoms with Crippen LogP contribution < -0.4 is 19.5 Å². The van der Waals surface area contributed by atoms with Crippen molar-refractivity contribution in [1.82, 2.24) is 10.2 Å². The van der Waals surface area contributed by atoms with Gasteiger partial charge in [0, 0.05) is 18.7 Å². The van der Waals surface area contributed by atoms with Crippen LogP contribution in [0.5, 0.6) is 17.2 Å². The van der Waals surface area contributed by atoms with Crippen molar-refractivity contribution in [3.05, 3.63) is 17.7 Å². The normalized spacial score (nSPS) is 17.0. The van der Waals surface area contributed by atoms with Crippen LogP contribution in [0.25, 0.3) is 0 Å². The highest BCUT2D eigenvalue weighted by molar-refractivity contribution is 5.99. The van der Waals surface area contributed by atoms with Crippen LogP contribution in [0, 0.1) is 0 Å². The fraction of sp³-hybridized carbons (Fsp3) is 0.556. The summed E-state index contributed by atoms with van der Waals surface area (Å²) in [6.45, 7) is 9.56. The third-order valence-electron chi connectivity index (χ3n) is 3.92. The Morgan fingerprint density at radius 1 is 1.12 bits per heavy atom. The second-order valence-electron chi connectivity index (χ2n) is 5.57. The number of carbonyl (C=O) groups is 2. The molecule has 0 spiro atoms. The second kappa shape index (κ2) is 8.60. The molecule has 0 aliphatic carbocycles. The molecule has 1 atom stereocenters. The summed E-state index contributed by atoms with van der Waals surface area (Å²) in [5.74, 6) is 1.04. The van der Waals surface area contributed by atoms with Crippen LogP contribution in [0.4, 0.5) is 0 Å². The third-order valence-corrected chi connectivity index (χ3v) is 3.92. The van der Waals surface area contributed by atoms with Crippen molar-refractivity contribution in [3.8, 4) is 17.2 Å². The lowest BCUT2D eigenvalue weighted by Crippen LogP contribution is -2.55. The lowest BCUT2D eigenvalue weighted by Gasteiger charge is -2.33. The monoisotopic (exact) mass is 350 g/mol. The summed E-state index contributed by atoms with van der Waals surface area (Å²) in [6.07, 6.45) is 0. The van der Waals surface area contributed by atoms with E-state index in [1.807, 2.05) is 20.8 Å². The van der Waals surface area contributed by atoms with E-state index >= 15 is 0 Å². The van der Waals surface area contributed by atoms with E-state index in [2.05, 4.69) is 5.32 Å². The van der Waals surface area contributed by atoms with E-state index in [1.165, 1.54) is 0 Å². The molecular weight excluding hydrogens is 324 g/mol. The zero-order valence-corrected chi connectivity index (χ0v) is 15.3. The van der Waals surface area contributed by atoms with Crippen molar-refractivity contribution < 1.29 is 23.8 Å². The summed E-state index contributed by atoms with van der Waals surface area (Å²) in [6, 6.07) is 2.79. The summed E-state index contributed by atoms with van der Waals surface area (Å²) >= 11 is 0. The Balaban J connectivity index is 2.42. The molecule has 1 N–H and O–H groups in total. The standard InChI is InChI=1S/C18H26N2O5/c1-5-23-14-10-13(11-15(24-6-2)16(14)25-7-3)18(22)20-9-8-19-17(21)12(20)4/h10-12H,5-9H2,1-4H3,(H,19,21)/t12-/m0/s1. The van der Waals surface area contributed by atoms with E-state index in [4.69, 9.17) is 14.2 Å². The predicted molar refractivity (Wildman–Crippen MR) is 93.5 cm³/mol. The van der Waals surface area contributed by atoms with E-state index in [0.717, 1.165) is 0 Å². The van der Waals surface area contributed by atoms with Crippen molar-refractivity contribution in [2.75, 3.05) is 32.9 Å². The molecule has 138 valence electrons. The summed E-state index contributed by atoms with van der Waals surface area (Å²) in [7, 11) is 0. The molecule has 2 amide bonds. The number of nitrogens with one attached hydrogen (secondary N) is 1. The number of hydrogen-bond donors (Lipinski definition) is 1. The number of benzene rings is 1. The molecule has 1 fully saturated rings. The SMILES string of the molecule is CCOc1cc(C(=O)N2CCNC(=O)[C@@H]2C)cc(OCC)c1OCC. The first-order chi connectivity index (χ1) is 12.0. The van der Waals surface area contributed by atoms with Crippen LogP contribution in [0.2, 0.25) is 0 Å². The van der Waals surface area contributed by atoms with Gasteiger partial charge in [-0.05, 0) is 39.8 Å². The Morgan fingerprint density at radius 3 is 2.20 bits per heavy atom. The van der Waals surface area contributed by atoms with Crippen molar-refractivity contribution in [2.24, 2.45) is 0 Å². The number of amides is 2. The highest BCUT2D eigenvalue weighted by Crippen LogP contribution is 2.39. The highest BCUT2D eigenvalue weighted by atomic mass is 16.5. The van der Waals surface area contributed by atoms with E-state index in [9.17, 15) is 9.59 Å². The van der Waals surface area contributed by atoms with Gasteiger partial charge in [0.15, 0.2) is 11.5 Å². The molecule has 1 aromatic rings. The molecule has 0 aromatic heterocycles. The van der Waals surface area contributed by atoms with Gasteiger partial charge in [-0.1, -0.05) is 0 Å². The molecule has 0 saturated carbocycles. The topological polar surface area (TPSA) is 77.1 Å². The number of carbonyl (C=O) groups excluding carboxylic acids is 2. The number of hydrogen-bond acceptors (Lipinski definition) is 5. The van der Waals surface area contributed by atoms with Gasteiger partial charge in [0.2, 0.25) is 11.7 Å². The average Bonchev–Trinajstić information content (AvgIpc) is 2.59. The predicted octanol–water partition coefficient (Wildman–Crippen LogP) is 1.84. The minimum atomic E-state index is -0.515. The first-order valence-electron chi connectivity index (χ1n) is 8.68. The molecule has 1 aromatic carbocycles. The van der Waals surface area contributed by atoms with Crippen molar-refractivity contribution in [2.45, 2.75) is 33.7 Å². The first-order valence-corrected chi connectivity index (χ1v) is 8.68. The maximum absolute atomic E-state index is 12.9. The molecule has 2 rings (SSSR count). The molecule has 1 aliphatic heterocycles. The van der Waals surface area contributed by atoms with Gasteiger partial charge in [-0.2, -0.15) is 0 Å². The highest BCUT2D eigenvalue weighted by Gasteiger charge is 2.31. The van der Waals surface area contributed by atoms with Crippen molar-refractivity contribution >= 4 is 11.8 Å². The van der Waals surface area contributed by atoms with Crippen LogP contribution in [0.1, 0.15) is 38.1 Å².